The Kier molecular flexibility index (Phi) is 1.59. The predicted octanol–water partition coefficient (Wildman–Crippen LogP) is 2.16. The molecule has 0 aromatic heterocycles. The van der Waals surface area contributed by atoms with Gasteiger partial charge in [-0.15, -0.1) is 0 Å². The van der Waals surface area contributed by atoms with Crippen molar-refractivity contribution in [1.29, 1.82) is 0 Å². The summed E-state index contributed by atoms with van der Waals surface area (Å²) in [7, 11) is 0. The van der Waals surface area contributed by atoms with E-state index in [0.717, 1.165) is 0 Å². The molecule has 0 spiro atoms. The zero-order valence-corrected chi connectivity index (χ0v) is 7.57. The lowest BCUT2D eigenvalue weighted by atomic mass is 9.69. The smallest absolute Gasteiger partial charge is 0.00955 e. The summed E-state index contributed by atoms with van der Waals surface area (Å²) < 4.78 is 0. The number of rotatable bonds is 0. The van der Waals surface area contributed by atoms with E-state index in [4.69, 9.17) is 5.73 Å². The molecule has 1 unspecified atom stereocenters. The molecule has 0 saturated heterocycles. The van der Waals surface area contributed by atoms with Crippen LogP contribution in [0.1, 0.15) is 40.5 Å². The fourth-order valence-electron chi connectivity index (χ4n) is 1.70. The standard InChI is InChI=1S/C9H19N/c1-8(2)6-5-7(10)9(8,3)4/h7H,5-6,10H2,1-4H3. The summed E-state index contributed by atoms with van der Waals surface area (Å²) in [4.78, 5) is 0. The van der Waals surface area contributed by atoms with Crippen LogP contribution in [0, 0.1) is 10.8 Å². The number of nitrogens with two attached hydrogens (primary N) is 1. The van der Waals surface area contributed by atoms with Gasteiger partial charge in [0.2, 0.25) is 0 Å². The summed E-state index contributed by atoms with van der Waals surface area (Å²) in [5.41, 5.74) is 6.75. The monoisotopic (exact) mass is 141 g/mol. The van der Waals surface area contributed by atoms with Gasteiger partial charge in [-0.05, 0) is 23.7 Å². The van der Waals surface area contributed by atoms with Crippen molar-refractivity contribution in [3.05, 3.63) is 0 Å². The average molecular weight is 141 g/mol. The Morgan fingerprint density at radius 1 is 1.20 bits per heavy atom. The Morgan fingerprint density at radius 2 is 1.70 bits per heavy atom. The first-order valence-corrected chi connectivity index (χ1v) is 4.13. The van der Waals surface area contributed by atoms with Crippen LogP contribution >= 0.6 is 0 Å². The highest BCUT2D eigenvalue weighted by Gasteiger charge is 2.46. The first kappa shape index (κ1) is 8.06. The summed E-state index contributed by atoms with van der Waals surface area (Å²) in [6, 6.07) is 0.405. The highest BCUT2D eigenvalue weighted by molar-refractivity contribution is 4.99. The van der Waals surface area contributed by atoms with Crippen molar-refractivity contribution in [3.63, 3.8) is 0 Å². The van der Waals surface area contributed by atoms with Gasteiger partial charge in [0, 0.05) is 6.04 Å². The van der Waals surface area contributed by atoms with Gasteiger partial charge in [0.1, 0.15) is 0 Å². The summed E-state index contributed by atoms with van der Waals surface area (Å²) in [5, 5.41) is 0. The first-order valence-electron chi connectivity index (χ1n) is 4.13. The highest BCUT2D eigenvalue weighted by Crippen LogP contribution is 2.50. The molecule has 1 atom stereocenters. The number of hydrogen-bond donors (Lipinski definition) is 1. The molecule has 0 aliphatic heterocycles. The predicted molar refractivity (Wildman–Crippen MR) is 44.8 cm³/mol. The average Bonchev–Trinajstić information content (AvgIpc) is 1.94. The van der Waals surface area contributed by atoms with Crippen LogP contribution in [0.2, 0.25) is 0 Å². The van der Waals surface area contributed by atoms with E-state index >= 15 is 0 Å². The molecule has 0 amide bonds. The molecule has 1 aliphatic rings. The van der Waals surface area contributed by atoms with E-state index in [2.05, 4.69) is 27.7 Å². The van der Waals surface area contributed by atoms with E-state index in [1.165, 1.54) is 12.8 Å². The molecule has 1 saturated carbocycles. The zero-order chi connectivity index (χ0) is 7.99. The molecule has 60 valence electrons. The van der Waals surface area contributed by atoms with Crippen molar-refractivity contribution in [2.75, 3.05) is 0 Å². The van der Waals surface area contributed by atoms with Gasteiger partial charge in [0.05, 0.1) is 0 Å². The molecule has 0 aromatic rings. The minimum atomic E-state index is 0.326. The Balaban J connectivity index is 2.84. The molecule has 1 heteroatoms. The van der Waals surface area contributed by atoms with Gasteiger partial charge in [-0.1, -0.05) is 27.7 Å². The lowest BCUT2D eigenvalue weighted by Crippen LogP contribution is -2.39. The van der Waals surface area contributed by atoms with Crippen LogP contribution in [0.3, 0.4) is 0 Å². The molecular weight excluding hydrogens is 122 g/mol. The molecule has 0 aromatic carbocycles. The quantitative estimate of drug-likeness (QED) is 0.549. The maximum Gasteiger partial charge on any atom is 0.00955 e. The van der Waals surface area contributed by atoms with E-state index in [9.17, 15) is 0 Å². The Labute approximate surface area is 64.0 Å². The van der Waals surface area contributed by atoms with Gasteiger partial charge in [-0.3, -0.25) is 0 Å². The third-order valence-electron chi connectivity index (χ3n) is 3.75. The van der Waals surface area contributed by atoms with Crippen molar-refractivity contribution < 1.29 is 0 Å². The fourth-order valence-corrected chi connectivity index (χ4v) is 1.70. The molecule has 1 aliphatic carbocycles. The second-order valence-electron chi connectivity index (χ2n) is 4.75. The zero-order valence-electron chi connectivity index (χ0n) is 7.57. The second-order valence-corrected chi connectivity index (χ2v) is 4.75. The first-order chi connectivity index (χ1) is 4.38. The van der Waals surface area contributed by atoms with Gasteiger partial charge in [-0.2, -0.15) is 0 Å². The van der Waals surface area contributed by atoms with Crippen LogP contribution in [0.4, 0.5) is 0 Å². The van der Waals surface area contributed by atoms with E-state index in [1.54, 1.807) is 0 Å². The molecule has 10 heavy (non-hydrogen) atoms. The van der Waals surface area contributed by atoms with Crippen molar-refractivity contribution in [2.24, 2.45) is 16.6 Å². The van der Waals surface area contributed by atoms with Crippen LogP contribution in [0.15, 0.2) is 0 Å². The summed E-state index contributed by atoms with van der Waals surface area (Å²) in [6.45, 7) is 9.20. The van der Waals surface area contributed by atoms with Crippen molar-refractivity contribution in [3.8, 4) is 0 Å². The summed E-state index contributed by atoms with van der Waals surface area (Å²) >= 11 is 0. The molecule has 1 rings (SSSR count). The Bertz CT molecular complexity index is 136. The largest absolute Gasteiger partial charge is 0.327 e. The van der Waals surface area contributed by atoms with Crippen LogP contribution in [-0.4, -0.2) is 6.04 Å². The van der Waals surface area contributed by atoms with E-state index in [-0.39, 0.29) is 0 Å². The van der Waals surface area contributed by atoms with E-state index in [0.29, 0.717) is 16.9 Å². The molecule has 2 N–H and O–H groups in total. The maximum absolute atomic E-state index is 5.99. The number of hydrogen-bond acceptors (Lipinski definition) is 1. The summed E-state index contributed by atoms with van der Waals surface area (Å²) in [5.74, 6) is 0. The van der Waals surface area contributed by atoms with Crippen LogP contribution < -0.4 is 5.73 Å². The van der Waals surface area contributed by atoms with Crippen LogP contribution in [0.5, 0.6) is 0 Å². The normalized spacial score (nSPS) is 36.3. The molecule has 1 fully saturated rings. The summed E-state index contributed by atoms with van der Waals surface area (Å²) in [6.07, 6.45) is 2.47. The third kappa shape index (κ3) is 0.878. The molecule has 0 bridgehead atoms. The van der Waals surface area contributed by atoms with Crippen LogP contribution in [0.25, 0.3) is 0 Å². The molecule has 0 heterocycles. The fraction of sp³-hybridized carbons (Fsp3) is 1.00. The minimum absolute atomic E-state index is 0.326. The topological polar surface area (TPSA) is 26.0 Å². The van der Waals surface area contributed by atoms with Gasteiger partial charge >= 0.3 is 0 Å². The molecule has 1 nitrogen and oxygen atoms in total. The van der Waals surface area contributed by atoms with Gasteiger partial charge in [0.15, 0.2) is 0 Å². The van der Waals surface area contributed by atoms with Crippen molar-refractivity contribution in [2.45, 2.75) is 46.6 Å². The third-order valence-corrected chi connectivity index (χ3v) is 3.75. The minimum Gasteiger partial charge on any atom is -0.327 e. The second kappa shape index (κ2) is 1.97. The van der Waals surface area contributed by atoms with Gasteiger partial charge in [0.25, 0.3) is 0 Å². The highest BCUT2D eigenvalue weighted by atomic mass is 14.7. The maximum atomic E-state index is 5.99. The van der Waals surface area contributed by atoms with Crippen molar-refractivity contribution >= 4 is 0 Å². The molecular formula is C9H19N. The lowest BCUT2D eigenvalue weighted by molar-refractivity contribution is 0.140. The lowest BCUT2D eigenvalue weighted by Gasteiger charge is -2.37. The van der Waals surface area contributed by atoms with E-state index in [1.807, 2.05) is 0 Å². The van der Waals surface area contributed by atoms with Gasteiger partial charge < -0.3 is 5.73 Å². The van der Waals surface area contributed by atoms with Crippen molar-refractivity contribution in [1.82, 2.24) is 0 Å². The Morgan fingerprint density at radius 3 is 1.80 bits per heavy atom. The van der Waals surface area contributed by atoms with Gasteiger partial charge in [-0.25, -0.2) is 0 Å². The van der Waals surface area contributed by atoms with E-state index < -0.39 is 0 Å². The Hall–Kier alpha value is -0.0400. The molecule has 0 radical (unpaired) electrons. The SMILES string of the molecule is CC1(C)CCC(N)C1(C)C. The van der Waals surface area contributed by atoms with Crippen LogP contribution in [-0.2, 0) is 0 Å².